The number of carbonyl (C=O) groups excluding carboxylic acids is 1. The van der Waals surface area contributed by atoms with Crippen molar-refractivity contribution >= 4 is 35.0 Å². The van der Waals surface area contributed by atoms with E-state index in [2.05, 4.69) is 40.9 Å². The molecule has 2 aromatic carbocycles. The number of unbranched alkanes of at least 4 members (excludes halogenated alkanes) is 11. The molecule has 0 saturated heterocycles. The monoisotopic (exact) mass is 542 g/mol. The second-order valence-electron chi connectivity index (χ2n) is 9.86. The lowest BCUT2D eigenvalue weighted by molar-refractivity contribution is 0.102. The summed E-state index contributed by atoms with van der Waals surface area (Å²) in [5.41, 5.74) is 2.48. The molecule has 0 aromatic heterocycles. The van der Waals surface area contributed by atoms with Gasteiger partial charge < -0.3 is 15.0 Å². The summed E-state index contributed by atoms with van der Waals surface area (Å²) in [6.07, 6.45) is 17.8. The van der Waals surface area contributed by atoms with Gasteiger partial charge in [0.05, 0.1) is 18.0 Å². The zero-order chi connectivity index (χ0) is 26.1. The Kier molecular flexibility index (Phi) is 13.9. The number of nitrogens with one attached hydrogen (secondary N) is 1. The Morgan fingerprint density at radius 2 is 1.57 bits per heavy atom. The third-order valence-corrected chi connectivity index (χ3v) is 7.68. The summed E-state index contributed by atoms with van der Waals surface area (Å²) in [5, 5.41) is 5.67. The van der Waals surface area contributed by atoms with Crippen LogP contribution in [-0.2, 0) is 6.54 Å². The van der Waals surface area contributed by atoms with Crippen molar-refractivity contribution in [3.8, 4) is 5.75 Å². The molecule has 0 saturated carbocycles. The number of thioether (sulfide) groups is 1. The maximum Gasteiger partial charge on any atom is 0.259 e. The van der Waals surface area contributed by atoms with Crippen LogP contribution in [0, 0.1) is 0 Å². The highest BCUT2D eigenvalue weighted by molar-refractivity contribution is 8.02. The van der Waals surface area contributed by atoms with Crippen molar-refractivity contribution in [2.75, 3.05) is 17.8 Å². The van der Waals surface area contributed by atoms with E-state index in [9.17, 15) is 4.79 Å². The highest BCUT2D eigenvalue weighted by Crippen LogP contribution is 2.26. The lowest BCUT2D eigenvalue weighted by atomic mass is 10.1. The van der Waals surface area contributed by atoms with Gasteiger partial charge >= 0.3 is 0 Å². The first-order valence-electron chi connectivity index (χ1n) is 14.0. The number of hydrogen-bond acceptors (Lipinski definition) is 4. The van der Waals surface area contributed by atoms with Crippen molar-refractivity contribution < 1.29 is 9.53 Å². The van der Waals surface area contributed by atoms with Gasteiger partial charge in [0, 0.05) is 23.5 Å². The van der Waals surface area contributed by atoms with Crippen LogP contribution in [0.4, 0.5) is 5.69 Å². The van der Waals surface area contributed by atoms with Gasteiger partial charge in [0.25, 0.3) is 5.91 Å². The van der Waals surface area contributed by atoms with Gasteiger partial charge in [0.15, 0.2) is 0 Å². The number of rotatable bonds is 18. The third kappa shape index (κ3) is 11.4. The molecule has 0 radical (unpaired) electrons. The number of hydrogen-bond donors (Lipinski definition) is 1. The number of anilines is 1. The SMILES string of the molecule is CCCCCCCCCCCCCCOc1cc(Cl)ccc1C(=O)Nc1ccc(CN2C=CSC2)cc1. The molecule has 0 bridgehead atoms. The van der Waals surface area contributed by atoms with Gasteiger partial charge in [-0.3, -0.25) is 4.79 Å². The standard InChI is InChI=1S/C31H43ClN2O2S/c1-2-3-4-5-6-7-8-9-10-11-12-13-21-36-30-23-27(32)16-19-29(30)31(35)33-28-17-14-26(15-18-28)24-34-20-22-37-25-34/h14-20,22-23H,2-13,21,24-25H2,1H3,(H,33,35). The van der Waals surface area contributed by atoms with E-state index in [1.54, 1.807) is 30.0 Å². The van der Waals surface area contributed by atoms with E-state index in [1.807, 2.05) is 12.1 Å². The van der Waals surface area contributed by atoms with Crippen molar-refractivity contribution in [3.63, 3.8) is 0 Å². The van der Waals surface area contributed by atoms with Crippen LogP contribution in [0.15, 0.2) is 54.1 Å². The summed E-state index contributed by atoms with van der Waals surface area (Å²) < 4.78 is 6.00. The summed E-state index contributed by atoms with van der Waals surface area (Å²) in [7, 11) is 0. The molecule has 0 unspecified atom stereocenters. The van der Waals surface area contributed by atoms with Crippen LogP contribution in [0.3, 0.4) is 0 Å². The molecule has 0 fully saturated rings. The molecule has 1 aliphatic rings. The van der Waals surface area contributed by atoms with Crippen molar-refractivity contribution in [1.29, 1.82) is 0 Å². The quantitative estimate of drug-likeness (QED) is 0.190. The van der Waals surface area contributed by atoms with Crippen LogP contribution in [0.1, 0.15) is 99.9 Å². The smallest absolute Gasteiger partial charge is 0.259 e. The van der Waals surface area contributed by atoms with Crippen LogP contribution in [-0.4, -0.2) is 23.3 Å². The Hall–Kier alpha value is -2.11. The zero-order valence-corrected chi connectivity index (χ0v) is 23.9. The average Bonchev–Trinajstić information content (AvgIpc) is 3.41. The van der Waals surface area contributed by atoms with Crippen molar-refractivity contribution in [2.45, 2.75) is 90.5 Å². The van der Waals surface area contributed by atoms with E-state index in [-0.39, 0.29) is 5.91 Å². The Morgan fingerprint density at radius 1 is 0.919 bits per heavy atom. The number of nitrogens with zero attached hydrogens (tertiary/aromatic N) is 1. The minimum absolute atomic E-state index is 0.187. The van der Waals surface area contributed by atoms with Gasteiger partial charge in [-0.05, 0) is 47.7 Å². The molecular formula is C31H43ClN2O2S. The fraction of sp³-hybridized carbons (Fsp3) is 0.516. The number of amides is 1. The molecule has 202 valence electrons. The first-order valence-corrected chi connectivity index (χ1v) is 15.4. The molecular weight excluding hydrogens is 500 g/mol. The van der Waals surface area contributed by atoms with Gasteiger partial charge in [0.1, 0.15) is 5.75 Å². The van der Waals surface area contributed by atoms with E-state index >= 15 is 0 Å². The summed E-state index contributed by atoms with van der Waals surface area (Å²) in [4.78, 5) is 15.2. The number of halogens is 1. The van der Waals surface area contributed by atoms with E-state index in [4.69, 9.17) is 16.3 Å². The van der Waals surface area contributed by atoms with Gasteiger partial charge in [0.2, 0.25) is 0 Å². The molecule has 1 aliphatic heterocycles. The summed E-state index contributed by atoms with van der Waals surface area (Å²) in [6.45, 7) is 3.73. The lowest BCUT2D eigenvalue weighted by Gasteiger charge is -2.15. The normalized spacial score (nSPS) is 12.8. The van der Waals surface area contributed by atoms with E-state index < -0.39 is 0 Å². The number of ether oxygens (including phenoxy) is 1. The minimum Gasteiger partial charge on any atom is -0.493 e. The molecule has 3 rings (SSSR count). The molecule has 1 heterocycles. The van der Waals surface area contributed by atoms with Crippen LogP contribution in [0.25, 0.3) is 0 Å². The zero-order valence-electron chi connectivity index (χ0n) is 22.4. The molecule has 1 amide bonds. The Labute approximate surface area is 233 Å². The first kappa shape index (κ1) is 29.4. The fourth-order valence-electron chi connectivity index (χ4n) is 4.46. The molecule has 1 N–H and O–H groups in total. The number of carbonyl (C=O) groups is 1. The summed E-state index contributed by atoms with van der Waals surface area (Å²) in [6, 6.07) is 13.2. The topological polar surface area (TPSA) is 41.6 Å². The van der Waals surface area contributed by atoms with Crippen molar-refractivity contribution in [1.82, 2.24) is 4.90 Å². The summed E-state index contributed by atoms with van der Waals surface area (Å²) >= 11 is 8.00. The fourth-order valence-corrected chi connectivity index (χ4v) is 5.34. The van der Waals surface area contributed by atoms with Gasteiger partial charge in [-0.15, -0.1) is 11.8 Å². The predicted octanol–water partition coefficient (Wildman–Crippen LogP) is 9.65. The predicted molar refractivity (Wildman–Crippen MR) is 160 cm³/mol. The Morgan fingerprint density at radius 3 is 2.19 bits per heavy atom. The number of benzene rings is 2. The molecule has 6 heteroatoms. The van der Waals surface area contributed by atoms with E-state index in [1.165, 1.54) is 69.8 Å². The minimum atomic E-state index is -0.187. The third-order valence-electron chi connectivity index (χ3n) is 6.65. The van der Waals surface area contributed by atoms with E-state index in [0.717, 1.165) is 31.0 Å². The maximum atomic E-state index is 13.0. The van der Waals surface area contributed by atoms with Crippen LogP contribution < -0.4 is 10.1 Å². The molecule has 0 spiro atoms. The molecule has 37 heavy (non-hydrogen) atoms. The van der Waals surface area contributed by atoms with Crippen LogP contribution in [0.2, 0.25) is 5.02 Å². The van der Waals surface area contributed by atoms with Crippen LogP contribution >= 0.6 is 23.4 Å². The van der Waals surface area contributed by atoms with Crippen molar-refractivity contribution in [3.05, 3.63) is 70.2 Å². The molecule has 4 nitrogen and oxygen atoms in total. The molecule has 0 atom stereocenters. The van der Waals surface area contributed by atoms with E-state index in [0.29, 0.717) is 22.9 Å². The van der Waals surface area contributed by atoms with Crippen molar-refractivity contribution in [2.24, 2.45) is 0 Å². The molecule has 0 aliphatic carbocycles. The maximum absolute atomic E-state index is 13.0. The average molecular weight is 543 g/mol. The second kappa shape index (κ2) is 17.4. The highest BCUT2D eigenvalue weighted by atomic mass is 35.5. The summed E-state index contributed by atoms with van der Waals surface area (Å²) in [5.74, 6) is 1.34. The first-order chi connectivity index (χ1) is 18.2. The van der Waals surface area contributed by atoms with Gasteiger partial charge in [-0.25, -0.2) is 0 Å². The van der Waals surface area contributed by atoms with Gasteiger partial charge in [-0.2, -0.15) is 0 Å². The molecule has 2 aromatic rings. The van der Waals surface area contributed by atoms with Crippen LogP contribution in [0.5, 0.6) is 5.75 Å². The Balaban J connectivity index is 1.35. The highest BCUT2D eigenvalue weighted by Gasteiger charge is 2.14. The van der Waals surface area contributed by atoms with Gasteiger partial charge in [-0.1, -0.05) is 101 Å². The largest absolute Gasteiger partial charge is 0.493 e. The second-order valence-corrected chi connectivity index (χ2v) is 11.2. The lowest BCUT2D eigenvalue weighted by Crippen LogP contribution is -2.15. The Bertz CT molecular complexity index is 964.